The summed E-state index contributed by atoms with van der Waals surface area (Å²) in [5.41, 5.74) is 1.20. The fourth-order valence-corrected chi connectivity index (χ4v) is 3.14. The number of carbonyl (C=O) groups excluding carboxylic acids is 2. The number of aromatic nitrogens is 2. The van der Waals surface area contributed by atoms with Crippen molar-refractivity contribution in [2.45, 2.75) is 26.9 Å². The molecule has 0 spiro atoms. The molecule has 0 N–H and O–H groups in total. The number of esters is 1. The monoisotopic (exact) mass is 393 g/mol. The summed E-state index contributed by atoms with van der Waals surface area (Å²) in [6.07, 6.45) is 0. The summed E-state index contributed by atoms with van der Waals surface area (Å²) in [5, 5.41) is 5.55. The third kappa shape index (κ3) is 4.87. The molecule has 0 bridgehead atoms. The number of amides is 1. The third-order valence-corrected chi connectivity index (χ3v) is 4.53. The van der Waals surface area contributed by atoms with Crippen molar-refractivity contribution in [3.8, 4) is 0 Å². The van der Waals surface area contributed by atoms with E-state index in [0.717, 1.165) is 15.6 Å². The maximum absolute atomic E-state index is 13.0. The lowest BCUT2D eigenvalue weighted by atomic mass is 10.1. The van der Waals surface area contributed by atoms with Crippen LogP contribution in [0.4, 0.5) is 0 Å². The van der Waals surface area contributed by atoms with Gasteiger partial charge < -0.3 is 9.64 Å². The van der Waals surface area contributed by atoms with Gasteiger partial charge >= 0.3 is 5.97 Å². The minimum atomic E-state index is -0.494. The Hall–Kier alpha value is -3.48. The highest BCUT2D eigenvalue weighted by atomic mass is 16.5. The van der Waals surface area contributed by atoms with Gasteiger partial charge in [0, 0.05) is 11.9 Å². The van der Waals surface area contributed by atoms with E-state index in [1.807, 2.05) is 42.5 Å². The fourth-order valence-electron chi connectivity index (χ4n) is 3.14. The van der Waals surface area contributed by atoms with Gasteiger partial charge in [-0.05, 0) is 25.5 Å². The van der Waals surface area contributed by atoms with Crippen LogP contribution in [0.2, 0.25) is 0 Å². The van der Waals surface area contributed by atoms with Gasteiger partial charge in [-0.15, -0.1) is 0 Å². The van der Waals surface area contributed by atoms with Gasteiger partial charge in [-0.1, -0.05) is 48.5 Å². The van der Waals surface area contributed by atoms with Gasteiger partial charge in [0.25, 0.3) is 5.56 Å². The first-order valence-electron chi connectivity index (χ1n) is 9.43. The summed E-state index contributed by atoms with van der Waals surface area (Å²) < 4.78 is 6.15. The average molecular weight is 393 g/mol. The molecule has 2 aromatic carbocycles. The number of nitrogens with zero attached hydrogens (tertiary/aromatic N) is 3. The fraction of sp³-hybridized carbons (Fsp3) is 0.273. The van der Waals surface area contributed by atoms with Gasteiger partial charge in [0.05, 0.1) is 17.7 Å². The lowest BCUT2D eigenvalue weighted by Crippen LogP contribution is -2.40. The highest BCUT2D eigenvalue weighted by Crippen LogP contribution is 2.12. The third-order valence-electron chi connectivity index (χ3n) is 4.53. The first-order valence-corrected chi connectivity index (χ1v) is 9.43. The Morgan fingerprint density at radius 3 is 2.38 bits per heavy atom. The summed E-state index contributed by atoms with van der Waals surface area (Å²) in [4.78, 5) is 39.1. The topological polar surface area (TPSA) is 81.5 Å². The molecule has 0 aliphatic carbocycles. The van der Waals surface area contributed by atoms with E-state index in [1.165, 1.54) is 4.90 Å². The Morgan fingerprint density at radius 2 is 1.69 bits per heavy atom. The molecular weight excluding hydrogens is 370 g/mol. The molecule has 0 fully saturated rings. The summed E-state index contributed by atoms with van der Waals surface area (Å²) >= 11 is 0. The van der Waals surface area contributed by atoms with E-state index in [0.29, 0.717) is 11.1 Å². The zero-order valence-electron chi connectivity index (χ0n) is 16.5. The van der Waals surface area contributed by atoms with E-state index in [9.17, 15) is 14.4 Å². The van der Waals surface area contributed by atoms with E-state index in [4.69, 9.17) is 4.74 Å². The van der Waals surface area contributed by atoms with Crippen molar-refractivity contribution >= 4 is 22.6 Å². The zero-order chi connectivity index (χ0) is 20.8. The average Bonchev–Trinajstić information content (AvgIpc) is 2.72. The van der Waals surface area contributed by atoms with Crippen LogP contribution in [0.25, 0.3) is 10.8 Å². The molecule has 1 heterocycles. The van der Waals surface area contributed by atoms with Crippen LogP contribution in [0.1, 0.15) is 18.2 Å². The molecule has 29 heavy (non-hydrogen) atoms. The van der Waals surface area contributed by atoms with Crippen LogP contribution in [0.15, 0.2) is 59.4 Å². The maximum atomic E-state index is 13.0. The number of benzene rings is 2. The smallest absolute Gasteiger partial charge is 0.325 e. The predicted molar refractivity (Wildman–Crippen MR) is 109 cm³/mol. The van der Waals surface area contributed by atoms with E-state index in [2.05, 4.69) is 5.10 Å². The predicted octanol–water partition coefficient (Wildman–Crippen LogP) is 2.30. The molecule has 0 atom stereocenters. The van der Waals surface area contributed by atoms with E-state index >= 15 is 0 Å². The lowest BCUT2D eigenvalue weighted by Gasteiger charge is -2.22. The number of fused-ring (bicyclic) bond motifs is 1. The van der Waals surface area contributed by atoms with Crippen molar-refractivity contribution in [2.24, 2.45) is 0 Å². The molecule has 0 aliphatic rings. The highest BCUT2D eigenvalue weighted by Gasteiger charge is 2.20. The van der Waals surface area contributed by atoms with E-state index in [1.54, 1.807) is 26.0 Å². The number of hydrogen-bond acceptors (Lipinski definition) is 5. The molecule has 0 unspecified atom stereocenters. The molecule has 0 saturated carbocycles. The van der Waals surface area contributed by atoms with Crippen molar-refractivity contribution in [3.05, 3.63) is 76.2 Å². The van der Waals surface area contributed by atoms with Crippen LogP contribution in [0.5, 0.6) is 0 Å². The first-order chi connectivity index (χ1) is 14.0. The Morgan fingerprint density at radius 1 is 1.03 bits per heavy atom. The maximum Gasteiger partial charge on any atom is 0.325 e. The van der Waals surface area contributed by atoms with Crippen molar-refractivity contribution in [3.63, 3.8) is 0 Å². The normalized spacial score (nSPS) is 10.7. The van der Waals surface area contributed by atoms with Gasteiger partial charge in [0.15, 0.2) is 0 Å². The van der Waals surface area contributed by atoms with Crippen LogP contribution >= 0.6 is 0 Å². The molecule has 150 valence electrons. The van der Waals surface area contributed by atoms with Crippen molar-refractivity contribution in [1.82, 2.24) is 14.7 Å². The van der Waals surface area contributed by atoms with E-state index < -0.39 is 5.97 Å². The Bertz CT molecular complexity index is 1080. The van der Waals surface area contributed by atoms with Gasteiger partial charge in [-0.2, -0.15) is 5.10 Å². The highest BCUT2D eigenvalue weighted by molar-refractivity contribution is 5.84. The van der Waals surface area contributed by atoms with Crippen LogP contribution in [-0.2, 0) is 27.4 Å². The summed E-state index contributed by atoms with van der Waals surface area (Å²) in [6.45, 7) is 3.53. The first kappa shape index (κ1) is 20.3. The molecule has 7 nitrogen and oxygen atoms in total. The van der Waals surface area contributed by atoms with Gasteiger partial charge in [-0.25, -0.2) is 4.68 Å². The van der Waals surface area contributed by atoms with Crippen molar-refractivity contribution < 1.29 is 14.3 Å². The summed E-state index contributed by atoms with van der Waals surface area (Å²) in [5.74, 6) is -0.877. The summed E-state index contributed by atoms with van der Waals surface area (Å²) in [6, 6.07) is 16.5. The molecule has 3 rings (SSSR count). The minimum absolute atomic E-state index is 0.192. The largest absolute Gasteiger partial charge is 0.465 e. The van der Waals surface area contributed by atoms with Crippen LogP contribution < -0.4 is 5.56 Å². The Kier molecular flexibility index (Phi) is 6.39. The SMILES string of the molecule is CCOC(=O)CN(Cc1ccccc1)C(=O)Cn1nc(C)c2ccccc2c1=O. The molecule has 1 aromatic heterocycles. The Labute approximate surface area is 168 Å². The minimum Gasteiger partial charge on any atom is -0.465 e. The molecule has 0 aliphatic heterocycles. The zero-order valence-corrected chi connectivity index (χ0v) is 16.5. The standard InChI is InChI=1S/C22H23N3O4/c1-3-29-21(27)15-24(13-17-9-5-4-6-10-17)20(26)14-25-22(28)19-12-8-7-11-18(19)16(2)23-25/h4-12H,3,13-15H2,1-2H3. The van der Waals surface area contributed by atoms with Crippen molar-refractivity contribution in [2.75, 3.05) is 13.2 Å². The molecule has 3 aromatic rings. The number of carbonyl (C=O) groups is 2. The van der Waals surface area contributed by atoms with Crippen LogP contribution in [0, 0.1) is 6.92 Å². The van der Waals surface area contributed by atoms with Crippen LogP contribution in [0.3, 0.4) is 0 Å². The Balaban J connectivity index is 1.87. The molecule has 0 radical (unpaired) electrons. The summed E-state index contributed by atoms with van der Waals surface area (Å²) in [7, 11) is 0. The number of hydrogen-bond donors (Lipinski definition) is 0. The lowest BCUT2D eigenvalue weighted by molar-refractivity contribution is -0.149. The second-order valence-corrected chi connectivity index (χ2v) is 6.63. The second kappa shape index (κ2) is 9.14. The van der Waals surface area contributed by atoms with Crippen molar-refractivity contribution in [1.29, 1.82) is 0 Å². The van der Waals surface area contributed by atoms with E-state index in [-0.39, 0.29) is 37.7 Å². The quantitative estimate of drug-likeness (QED) is 0.576. The molecule has 0 saturated heterocycles. The molecule has 7 heteroatoms. The van der Waals surface area contributed by atoms with Gasteiger partial charge in [0.1, 0.15) is 13.1 Å². The number of aryl methyl sites for hydroxylation is 1. The second-order valence-electron chi connectivity index (χ2n) is 6.63. The molecule has 1 amide bonds. The van der Waals surface area contributed by atoms with Crippen LogP contribution in [-0.4, -0.2) is 39.7 Å². The number of rotatable bonds is 7. The van der Waals surface area contributed by atoms with Gasteiger partial charge in [-0.3, -0.25) is 14.4 Å². The van der Waals surface area contributed by atoms with Gasteiger partial charge in [0.2, 0.25) is 5.91 Å². The molecular formula is C22H23N3O4. The number of ether oxygens (including phenoxy) is 1.